The maximum absolute atomic E-state index is 12.7. The highest BCUT2D eigenvalue weighted by Gasteiger charge is 2.21. The summed E-state index contributed by atoms with van der Waals surface area (Å²) in [6.45, 7) is 0.446. The van der Waals surface area contributed by atoms with Crippen LogP contribution in [0.3, 0.4) is 0 Å². The van der Waals surface area contributed by atoms with E-state index >= 15 is 0 Å². The van der Waals surface area contributed by atoms with E-state index in [0.29, 0.717) is 31.5 Å². The van der Waals surface area contributed by atoms with E-state index < -0.39 is 0 Å². The average Bonchev–Trinajstić information content (AvgIpc) is 2.44. The summed E-state index contributed by atoms with van der Waals surface area (Å²) in [7, 11) is 1.54. The van der Waals surface area contributed by atoms with Crippen LogP contribution in [0.25, 0.3) is 0 Å². The van der Waals surface area contributed by atoms with Gasteiger partial charge in [0.25, 0.3) is 5.91 Å². The summed E-state index contributed by atoms with van der Waals surface area (Å²) in [5.41, 5.74) is 1.32. The fourth-order valence-electron chi connectivity index (χ4n) is 1.91. The molecular weight excluding hydrogens is 261 g/mol. The van der Waals surface area contributed by atoms with Crippen molar-refractivity contribution in [1.82, 2.24) is 10.3 Å². The summed E-state index contributed by atoms with van der Waals surface area (Å²) in [6.07, 6.45) is 1.29. The van der Waals surface area contributed by atoms with Gasteiger partial charge in [-0.1, -0.05) is 12.1 Å². The Labute approximate surface area is 116 Å². The first-order chi connectivity index (χ1) is 9.56. The normalized spacial score (nSPS) is 15.0. The van der Waals surface area contributed by atoms with E-state index in [1.54, 1.807) is 12.1 Å². The molecule has 6 heteroatoms. The van der Waals surface area contributed by atoms with Gasteiger partial charge in [-0.15, -0.1) is 0 Å². The lowest BCUT2D eigenvalue weighted by Crippen LogP contribution is -2.38. The Hall–Kier alpha value is -2.24. The molecule has 1 heterocycles. The second-order valence-electron chi connectivity index (χ2n) is 4.60. The molecule has 0 aromatic heterocycles. The number of carbonyl (C=O) groups is 2. The zero-order valence-electron chi connectivity index (χ0n) is 11.2. The molecule has 106 valence electrons. The first-order valence-electron chi connectivity index (χ1n) is 6.43. The first kappa shape index (κ1) is 14.2. The second kappa shape index (κ2) is 6.27. The lowest BCUT2D eigenvalue weighted by Gasteiger charge is -2.18. The molecule has 0 bridgehead atoms. The van der Waals surface area contributed by atoms with Crippen molar-refractivity contribution in [3.8, 4) is 0 Å². The third-order valence-corrected chi connectivity index (χ3v) is 3.08. The maximum atomic E-state index is 12.7. The Morgan fingerprint density at radius 2 is 2.05 bits per heavy atom. The van der Waals surface area contributed by atoms with E-state index in [9.17, 15) is 14.0 Å². The van der Waals surface area contributed by atoms with Crippen LogP contribution < -0.4 is 5.32 Å². The second-order valence-corrected chi connectivity index (χ2v) is 4.60. The topological polar surface area (TPSA) is 61.8 Å². The Bertz CT molecular complexity index is 540. The van der Waals surface area contributed by atoms with Crippen LogP contribution >= 0.6 is 0 Å². The van der Waals surface area contributed by atoms with Crippen molar-refractivity contribution >= 4 is 17.5 Å². The van der Waals surface area contributed by atoms with Crippen molar-refractivity contribution in [2.24, 2.45) is 5.10 Å². The number of nitrogens with zero attached hydrogens (tertiary/aromatic N) is 2. The van der Waals surface area contributed by atoms with Gasteiger partial charge in [-0.25, -0.2) is 9.40 Å². The van der Waals surface area contributed by atoms with E-state index in [-0.39, 0.29) is 17.6 Å². The highest BCUT2D eigenvalue weighted by molar-refractivity contribution is 6.39. The quantitative estimate of drug-likeness (QED) is 0.895. The summed E-state index contributed by atoms with van der Waals surface area (Å²) < 4.78 is 12.7. The van der Waals surface area contributed by atoms with Crippen molar-refractivity contribution < 1.29 is 14.0 Å². The van der Waals surface area contributed by atoms with Gasteiger partial charge in [0.05, 0.1) is 0 Å². The average molecular weight is 277 g/mol. The van der Waals surface area contributed by atoms with Gasteiger partial charge in [0.2, 0.25) is 5.91 Å². The number of hydrogen-bond donors (Lipinski definition) is 1. The molecule has 20 heavy (non-hydrogen) atoms. The molecule has 0 unspecified atom stereocenters. The molecule has 0 aliphatic carbocycles. The van der Waals surface area contributed by atoms with Gasteiger partial charge in [0.1, 0.15) is 11.5 Å². The number of halogens is 1. The zero-order chi connectivity index (χ0) is 14.5. The van der Waals surface area contributed by atoms with Gasteiger partial charge in [-0.3, -0.25) is 9.59 Å². The molecule has 1 aliphatic rings. The first-order valence-corrected chi connectivity index (χ1v) is 6.43. The van der Waals surface area contributed by atoms with Crippen LogP contribution in [0.2, 0.25) is 0 Å². The summed E-state index contributed by atoms with van der Waals surface area (Å²) in [5.74, 6) is -0.624. The molecule has 1 N–H and O–H groups in total. The Balaban J connectivity index is 1.82. The molecule has 1 aromatic rings. The predicted molar refractivity (Wildman–Crippen MR) is 72.6 cm³/mol. The number of rotatable bonds is 4. The van der Waals surface area contributed by atoms with Gasteiger partial charge in [0, 0.05) is 26.4 Å². The van der Waals surface area contributed by atoms with Crippen LogP contribution in [-0.4, -0.2) is 36.1 Å². The van der Waals surface area contributed by atoms with Crippen molar-refractivity contribution in [2.45, 2.75) is 19.3 Å². The van der Waals surface area contributed by atoms with Crippen molar-refractivity contribution in [2.75, 3.05) is 13.6 Å². The molecular formula is C14H16FN3O2. The van der Waals surface area contributed by atoms with Crippen LogP contribution in [0.4, 0.5) is 4.39 Å². The fraction of sp³-hybridized carbons (Fsp3) is 0.357. The molecule has 2 rings (SSSR count). The standard InChI is InChI=1S/C14H16FN3O2/c1-18-13(19)7-6-12(17-18)14(20)16-9-8-10-2-4-11(15)5-3-10/h2-5H,6-9H2,1H3,(H,16,20). The zero-order valence-corrected chi connectivity index (χ0v) is 11.2. The summed E-state index contributed by atoms with van der Waals surface area (Å²) in [6, 6.07) is 6.16. The van der Waals surface area contributed by atoms with E-state index in [1.165, 1.54) is 24.2 Å². The van der Waals surface area contributed by atoms with Crippen LogP contribution in [0.5, 0.6) is 0 Å². The minimum Gasteiger partial charge on any atom is -0.351 e. The van der Waals surface area contributed by atoms with Crippen LogP contribution in [0, 0.1) is 5.82 Å². The van der Waals surface area contributed by atoms with Gasteiger partial charge in [-0.2, -0.15) is 5.10 Å². The third-order valence-electron chi connectivity index (χ3n) is 3.08. The van der Waals surface area contributed by atoms with Crippen molar-refractivity contribution in [1.29, 1.82) is 0 Å². The van der Waals surface area contributed by atoms with Crippen molar-refractivity contribution in [3.05, 3.63) is 35.6 Å². The van der Waals surface area contributed by atoms with Gasteiger partial charge < -0.3 is 5.32 Å². The van der Waals surface area contributed by atoms with Crippen LogP contribution in [0.15, 0.2) is 29.4 Å². The minimum atomic E-state index is -0.276. The molecule has 0 spiro atoms. The summed E-state index contributed by atoms with van der Waals surface area (Å²) >= 11 is 0. The molecule has 0 fully saturated rings. The molecule has 1 aliphatic heterocycles. The highest BCUT2D eigenvalue weighted by Crippen LogP contribution is 2.07. The third kappa shape index (κ3) is 3.63. The van der Waals surface area contributed by atoms with E-state index in [2.05, 4.69) is 10.4 Å². The maximum Gasteiger partial charge on any atom is 0.267 e. The summed E-state index contributed by atoms with van der Waals surface area (Å²) in [4.78, 5) is 23.1. The van der Waals surface area contributed by atoms with E-state index in [0.717, 1.165) is 5.56 Å². The van der Waals surface area contributed by atoms with Crippen molar-refractivity contribution in [3.63, 3.8) is 0 Å². The number of carbonyl (C=O) groups excluding carboxylic acids is 2. The lowest BCUT2D eigenvalue weighted by molar-refractivity contribution is -0.130. The Kier molecular flexibility index (Phi) is 4.45. The molecule has 0 atom stereocenters. The lowest BCUT2D eigenvalue weighted by atomic mass is 10.1. The largest absolute Gasteiger partial charge is 0.351 e. The number of hydrogen-bond acceptors (Lipinski definition) is 3. The number of nitrogens with one attached hydrogen (secondary N) is 1. The van der Waals surface area contributed by atoms with Crippen LogP contribution in [-0.2, 0) is 16.0 Å². The molecule has 2 amide bonds. The monoisotopic (exact) mass is 277 g/mol. The SMILES string of the molecule is CN1N=C(C(=O)NCCc2ccc(F)cc2)CCC1=O. The molecule has 1 aromatic carbocycles. The Morgan fingerprint density at radius 1 is 1.35 bits per heavy atom. The molecule has 5 nitrogen and oxygen atoms in total. The number of hydrazone groups is 1. The summed E-state index contributed by atoms with van der Waals surface area (Å²) in [5, 5.41) is 7.88. The minimum absolute atomic E-state index is 0.0899. The molecule has 0 saturated heterocycles. The predicted octanol–water partition coefficient (Wildman–Crippen LogP) is 1.09. The van der Waals surface area contributed by atoms with Gasteiger partial charge in [-0.05, 0) is 24.1 Å². The Morgan fingerprint density at radius 3 is 2.70 bits per heavy atom. The molecule has 0 saturated carbocycles. The molecule has 0 radical (unpaired) electrons. The van der Waals surface area contributed by atoms with Gasteiger partial charge >= 0.3 is 0 Å². The number of benzene rings is 1. The fourth-order valence-corrected chi connectivity index (χ4v) is 1.91. The van der Waals surface area contributed by atoms with Crippen LogP contribution in [0.1, 0.15) is 18.4 Å². The van der Waals surface area contributed by atoms with Gasteiger partial charge in [0.15, 0.2) is 0 Å². The smallest absolute Gasteiger partial charge is 0.267 e. The number of amides is 2. The highest BCUT2D eigenvalue weighted by atomic mass is 19.1. The van der Waals surface area contributed by atoms with E-state index in [1.807, 2.05) is 0 Å². The van der Waals surface area contributed by atoms with E-state index in [4.69, 9.17) is 0 Å².